The molecular formula is C17H25FN2O2. The van der Waals surface area contributed by atoms with Gasteiger partial charge in [-0.1, -0.05) is 27.2 Å². The second-order valence-electron chi connectivity index (χ2n) is 6.57. The van der Waals surface area contributed by atoms with Crippen molar-refractivity contribution in [3.63, 3.8) is 0 Å². The Bertz CT molecular complexity index is 507. The smallest absolute Gasteiger partial charge is 0.250 e. The van der Waals surface area contributed by atoms with E-state index in [9.17, 15) is 9.18 Å². The predicted octanol–water partition coefficient (Wildman–Crippen LogP) is 3.64. The van der Waals surface area contributed by atoms with Crippen LogP contribution in [0.2, 0.25) is 0 Å². The molecule has 1 aliphatic rings. The Morgan fingerprint density at radius 2 is 2.27 bits per heavy atom. The van der Waals surface area contributed by atoms with Crippen LogP contribution in [0.3, 0.4) is 0 Å². The van der Waals surface area contributed by atoms with Crippen molar-refractivity contribution in [2.75, 3.05) is 11.9 Å². The van der Waals surface area contributed by atoms with Crippen LogP contribution in [-0.4, -0.2) is 23.6 Å². The van der Waals surface area contributed by atoms with E-state index in [1.807, 2.05) is 0 Å². The lowest BCUT2D eigenvalue weighted by Gasteiger charge is -2.37. The Balaban J connectivity index is 1.87. The van der Waals surface area contributed by atoms with Gasteiger partial charge in [0.05, 0.1) is 11.8 Å². The molecular weight excluding hydrogens is 283 g/mol. The van der Waals surface area contributed by atoms with E-state index in [2.05, 4.69) is 31.1 Å². The number of aromatic nitrogens is 1. The van der Waals surface area contributed by atoms with Crippen molar-refractivity contribution in [3.8, 4) is 0 Å². The number of ether oxygens (including phenoxy) is 1. The fourth-order valence-corrected chi connectivity index (χ4v) is 3.15. The van der Waals surface area contributed by atoms with Crippen LogP contribution in [0.25, 0.3) is 0 Å². The molecule has 1 saturated carbocycles. The highest BCUT2D eigenvalue weighted by Gasteiger charge is 2.31. The van der Waals surface area contributed by atoms with Gasteiger partial charge in [-0.25, -0.2) is 4.98 Å². The number of anilines is 1. The van der Waals surface area contributed by atoms with E-state index in [-0.39, 0.29) is 24.3 Å². The standard InChI is InChI=1S/C17H25FN2O2/c1-11(2)13-7-6-12(3)9-15(13)22-10-16(21)20-14-5-4-8-19-17(14)18/h4-5,8,11-13,15H,6-7,9-10H2,1-3H3,(H,20,21). The van der Waals surface area contributed by atoms with E-state index in [0.29, 0.717) is 17.8 Å². The normalized spacial score (nSPS) is 25.2. The first-order chi connectivity index (χ1) is 10.5. The van der Waals surface area contributed by atoms with Gasteiger partial charge in [0, 0.05) is 6.20 Å². The second-order valence-corrected chi connectivity index (χ2v) is 6.57. The summed E-state index contributed by atoms with van der Waals surface area (Å²) in [5.41, 5.74) is 0.0912. The lowest BCUT2D eigenvalue weighted by molar-refractivity contribution is -0.126. The third-order valence-corrected chi connectivity index (χ3v) is 4.42. The molecule has 122 valence electrons. The van der Waals surface area contributed by atoms with Gasteiger partial charge in [-0.15, -0.1) is 0 Å². The number of carbonyl (C=O) groups excluding carboxylic acids is 1. The average Bonchev–Trinajstić information content (AvgIpc) is 2.47. The summed E-state index contributed by atoms with van der Waals surface area (Å²) in [4.78, 5) is 15.4. The average molecular weight is 308 g/mol. The minimum Gasteiger partial charge on any atom is -0.368 e. The van der Waals surface area contributed by atoms with Crippen molar-refractivity contribution in [2.45, 2.75) is 46.1 Å². The molecule has 0 spiro atoms. The van der Waals surface area contributed by atoms with Gasteiger partial charge in [-0.05, 0) is 42.7 Å². The molecule has 1 heterocycles. The maximum Gasteiger partial charge on any atom is 0.250 e. The zero-order valence-electron chi connectivity index (χ0n) is 13.5. The summed E-state index contributed by atoms with van der Waals surface area (Å²) in [5.74, 6) is 0.629. The van der Waals surface area contributed by atoms with E-state index < -0.39 is 5.95 Å². The minimum atomic E-state index is -0.679. The van der Waals surface area contributed by atoms with Gasteiger partial charge in [0.1, 0.15) is 6.61 Å². The van der Waals surface area contributed by atoms with Gasteiger partial charge in [0.15, 0.2) is 0 Å². The molecule has 3 atom stereocenters. The third-order valence-electron chi connectivity index (χ3n) is 4.42. The second kappa shape index (κ2) is 7.68. The van der Waals surface area contributed by atoms with E-state index in [0.717, 1.165) is 12.8 Å². The maximum atomic E-state index is 13.4. The first kappa shape index (κ1) is 16.9. The van der Waals surface area contributed by atoms with Gasteiger partial charge in [0.2, 0.25) is 5.95 Å². The first-order valence-electron chi connectivity index (χ1n) is 7.99. The topological polar surface area (TPSA) is 51.2 Å². The molecule has 3 unspecified atom stereocenters. The first-order valence-corrected chi connectivity index (χ1v) is 7.99. The molecule has 1 aromatic heterocycles. The number of pyridine rings is 1. The summed E-state index contributed by atoms with van der Waals surface area (Å²) in [6, 6.07) is 3.07. The molecule has 1 N–H and O–H groups in total. The summed E-state index contributed by atoms with van der Waals surface area (Å²) in [7, 11) is 0. The van der Waals surface area contributed by atoms with Gasteiger partial charge < -0.3 is 10.1 Å². The van der Waals surface area contributed by atoms with Gasteiger partial charge in [0.25, 0.3) is 5.91 Å². The highest BCUT2D eigenvalue weighted by atomic mass is 19.1. The van der Waals surface area contributed by atoms with Crippen molar-refractivity contribution in [1.29, 1.82) is 0 Å². The summed E-state index contributed by atoms with van der Waals surface area (Å²) >= 11 is 0. The highest BCUT2D eigenvalue weighted by molar-refractivity contribution is 5.91. The van der Waals surface area contributed by atoms with Gasteiger partial charge >= 0.3 is 0 Å². The number of hydrogen-bond acceptors (Lipinski definition) is 3. The Labute approximate surface area is 131 Å². The van der Waals surface area contributed by atoms with E-state index in [1.54, 1.807) is 6.07 Å². The number of nitrogens with zero attached hydrogens (tertiary/aromatic N) is 1. The minimum absolute atomic E-state index is 0.0467. The summed E-state index contributed by atoms with van der Waals surface area (Å²) in [5, 5.41) is 2.50. The fourth-order valence-electron chi connectivity index (χ4n) is 3.15. The molecule has 0 saturated heterocycles. The van der Waals surface area contributed by atoms with Crippen molar-refractivity contribution >= 4 is 11.6 Å². The third kappa shape index (κ3) is 4.50. The molecule has 1 aromatic rings. The Hall–Kier alpha value is -1.49. The molecule has 0 aliphatic heterocycles. The van der Waals surface area contributed by atoms with Crippen molar-refractivity contribution < 1.29 is 13.9 Å². The molecule has 1 aliphatic carbocycles. The van der Waals surface area contributed by atoms with Crippen LogP contribution in [0.5, 0.6) is 0 Å². The van der Waals surface area contributed by atoms with E-state index >= 15 is 0 Å². The van der Waals surface area contributed by atoms with E-state index in [4.69, 9.17) is 4.74 Å². The fraction of sp³-hybridized carbons (Fsp3) is 0.647. The predicted molar refractivity (Wildman–Crippen MR) is 83.9 cm³/mol. The number of halogens is 1. The molecule has 5 heteroatoms. The monoisotopic (exact) mass is 308 g/mol. The summed E-state index contributed by atoms with van der Waals surface area (Å²) < 4.78 is 19.2. The Morgan fingerprint density at radius 3 is 2.95 bits per heavy atom. The zero-order valence-corrected chi connectivity index (χ0v) is 13.5. The lowest BCUT2D eigenvalue weighted by Crippen LogP contribution is -2.36. The molecule has 0 aromatic carbocycles. The molecule has 2 rings (SSSR count). The Morgan fingerprint density at radius 1 is 1.50 bits per heavy atom. The largest absolute Gasteiger partial charge is 0.368 e. The zero-order chi connectivity index (χ0) is 16.1. The number of amides is 1. The van der Waals surface area contributed by atoms with Crippen LogP contribution < -0.4 is 5.32 Å². The number of hydrogen-bond donors (Lipinski definition) is 1. The van der Waals surface area contributed by atoms with Crippen molar-refractivity contribution in [1.82, 2.24) is 4.98 Å². The molecule has 1 amide bonds. The van der Waals surface area contributed by atoms with Crippen LogP contribution in [0.15, 0.2) is 18.3 Å². The van der Waals surface area contributed by atoms with Crippen LogP contribution in [0.4, 0.5) is 10.1 Å². The summed E-state index contributed by atoms with van der Waals surface area (Å²) in [6.45, 7) is 6.57. The van der Waals surface area contributed by atoms with Gasteiger partial charge in [-0.3, -0.25) is 4.79 Å². The molecule has 0 bridgehead atoms. The van der Waals surface area contributed by atoms with Gasteiger partial charge in [-0.2, -0.15) is 4.39 Å². The van der Waals surface area contributed by atoms with Crippen molar-refractivity contribution in [2.24, 2.45) is 17.8 Å². The molecule has 1 fully saturated rings. The van der Waals surface area contributed by atoms with Crippen LogP contribution >= 0.6 is 0 Å². The SMILES string of the molecule is CC1CCC(C(C)C)C(OCC(=O)Nc2cccnc2F)C1. The molecule has 4 nitrogen and oxygen atoms in total. The molecule has 0 radical (unpaired) electrons. The molecule has 22 heavy (non-hydrogen) atoms. The van der Waals surface area contributed by atoms with E-state index in [1.165, 1.54) is 18.7 Å². The maximum absolute atomic E-state index is 13.4. The quantitative estimate of drug-likeness (QED) is 0.845. The van der Waals surface area contributed by atoms with Crippen LogP contribution in [-0.2, 0) is 9.53 Å². The highest BCUT2D eigenvalue weighted by Crippen LogP contribution is 2.35. The lowest BCUT2D eigenvalue weighted by atomic mass is 9.75. The number of carbonyl (C=O) groups is 1. The summed E-state index contributed by atoms with van der Waals surface area (Å²) in [6.07, 6.45) is 4.79. The number of nitrogens with one attached hydrogen (secondary N) is 1. The van der Waals surface area contributed by atoms with Crippen LogP contribution in [0.1, 0.15) is 40.0 Å². The van der Waals surface area contributed by atoms with Crippen LogP contribution in [0, 0.1) is 23.7 Å². The number of rotatable bonds is 5. The van der Waals surface area contributed by atoms with Crippen molar-refractivity contribution in [3.05, 3.63) is 24.3 Å². The Kier molecular flexibility index (Phi) is 5.89.